The van der Waals surface area contributed by atoms with Gasteiger partial charge in [-0.05, 0) is 39.0 Å². The van der Waals surface area contributed by atoms with Gasteiger partial charge in [-0.2, -0.15) is 0 Å². The van der Waals surface area contributed by atoms with Gasteiger partial charge >= 0.3 is 29.9 Å². The van der Waals surface area contributed by atoms with Gasteiger partial charge in [-0.3, -0.25) is 0 Å². The van der Waals surface area contributed by atoms with E-state index < -0.39 is 0 Å². The van der Waals surface area contributed by atoms with Crippen molar-refractivity contribution in [3.05, 3.63) is 11.1 Å². The number of hydrogen-bond donors (Lipinski definition) is 0. The van der Waals surface area contributed by atoms with Crippen molar-refractivity contribution < 1.29 is 9.53 Å². The summed E-state index contributed by atoms with van der Waals surface area (Å²) in [6, 6.07) is 0. The van der Waals surface area contributed by atoms with E-state index in [-0.39, 0.29) is 29.9 Å². The van der Waals surface area contributed by atoms with E-state index in [0.717, 1.165) is 31.3 Å². The molecule has 19 heavy (non-hydrogen) atoms. The van der Waals surface area contributed by atoms with E-state index in [1.54, 1.807) is 0 Å². The molecule has 0 saturated carbocycles. The van der Waals surface area contributed by atoms with Crippen LogP contribution in [0.25, 0.3) is 0 Å². The van der Waals surface area contributed by atoms with Gasteiger partial charge in [0.05, 0.1) is 6.61 Å². The Kier molecular flexibility index (Phi) is 16.2. The number of ether oxygens (including phenoxy) is 1. The zero-order chi connectivity index (χ0) is 13.8. The second-order valence-electron chi connectivity index (χ2n) is 4.93. The molecule has 0 radical (unpaired) electrons. The van der Waals surface area contributed by atoms with Crippen LogP contribution < -0.4 is 0 Å². The Balaban J connectivity index is 0. The van der Waals surface area contributed by atoms with Crippen molar-refractivity contribution in [3.8, 4) is 0 Å². The van der Waals surface area contributed by atoms with Gasteiger partial charge in [-0.15, -0.1) is 0 Å². The van der Waals surface area contributed by atoms with Crippen molar-refractivity contribution in [3.63, 3.8) is 0 Å². The molecule has 114 valence electrons. The predicted octanol–water partition coefficient (Wildman–Crippen LogP) is 3.58. The molecule has 0 aliphatic rings. The molecule has 0 atom stereocenters. The number of allylic oxidation sites excluding steroid dienone is 1. The molecule has 0 spiro atoms. The molecule has 2 nitrogen and oxygen atoms in total. The van der Waals surface area contributed by atoms with E-state index in [0.29, 0.717) is 6.61 Å². The minimum atomic E-state index is -0.106. The summed E-state index contributed by atoms with van der Waals surface area (Å²) >= 11 is 0. The summed E-state index contributed by atoms with van der Waals surface area (Å²) < 4.78 is 5.29. The van der Waals surface area contributed by atoms with Crippen LogP contribution in [0.5, 0.6) is 0 Å². The maximum atomic E-state index is 11.9. The molecule has 0 aliphatic carbocycles. The van der Waals surface area contributed by atoms with Crippen molar-refractivity contribution in [2.24, 2.45) is 0 Å². The quantitative estimate of drug-likeness (QED) is 0.252. The molecule has 0 aromatic carbocycles. The van der Waals surface area contributed by atoms with Gasteiger partial charge in [0.1, 0.15) is 0 Å². The molecule has 0 rings (SSSR count). The van der Waals surface area contributed by atoms with Gasteiger partial charge in [0.2, 0.25) is 0 Å². The Morgan fingerprint density at radius 1 is 0.895 bits per heavy atom. The average Bonchev–Trinajstić information content (AvgIpc) is 2.38. The first kappa shape index (κ1) is 21.3. The van der Waals surface area contributed by atoms with E-state index in [9.17, 15) is 4.79 Å². The van der Waals surface area contributed by atoms with Gasteiger partial charge < -0.3 is 4.74 Å². The standard InChI is InChI=1S/C16H30O2.Sn.4H/c1-5-8-11-15(12-9-6-2)14(4)16(17)18-13-10-7-3;;;;;/h5-13H2,1-4H3;;;;;. The number of unbranched alkanes of at least 4 members (excludes halogenated alkanes) is 3. The number of carbonyl (C=O) groups excluding carboxylic acids is 1. The SMILES string of the molecule is CCCCOC(=O)C(C)=C(CCCC)CCCC.[SnH4]. The molecular formula is C16H34O2Sn. The van der Waals surface area contributed by atoms with Crippen molar-refractivity contribution in [2.45, 2.75) is 79.1 Å². The molecule has 0 aliphatic heterocycles. The Morgan fingerprint density at radius 2 is 1.37 bits per heavy atom. The molecule has 0 unspecified atom stereocenters. The first-order chi connectivity index (χ1) is 8.67. The molecule has 0 aromatic heterocycles. The van der Waals surface area contributed by atoms with Crippen LogP contribution in [-0.2, 0) is 9.53 Å². The van der Waals surface area contributed by atoms with Crippen LogP contribution in [-0.4, -0.2) is 36.5 Å². The summed E-state index contributed by atoms with van der Waals surface area (Å²) in [5.74, 6) is -0.106. The zero-order valence-electron chi connectivity index (χ0n) is 12.7. The normalized spacial score (nSPS) is 9.68. The van der Waals surface area contributed by atoms with Crippen LogP contribution in [0.1, 0.15) is 79.1 Å². The van der Waals surface area contributed by atoms with Crippen molar-refractivity contribution in [2.75, 3.05) is 6.61 Å². The van der Waals surface area contributed by atoms with Crippen LogP contribution >= 0.6 is 0 Å². The van der Waals surface area contributed by atoms with E-state index in [2.05, 4.69) is 20.8 Å². The fraction of sp³-hybridized carbons (Fsp3) is 0.812. The molecule has 0 bridgehead atoms. The first-order valence-corrected chi connectivity index (χ1v) is 7.53. The Labute approximate surface area is 136 Å². The van der Waals surface area contributed by atoms with Crippen LogP contribution in [0.4, 0.5) is 0 Å². The van der Waals surface area contributed by atoms with Crippen LogP contribution in [0.3, 0.4) is 0 Å². The fourth-order valence-electron chi connectivity index (χ4n) is 1.84. The molecule has 3 heteroatoms. The Bertz CT molecular complexity index is 249. The van der Waals surface area contributed by atoms with Crippen LogP contribution in [0, 0.1) is 0 Å². The van der Waals surface area contributed by atoms with E-state index in [1.165, 1.54) is 31.3 Å². The minimum absolute atomic E-state index is 0. The molecule has 0 aromatic rings. The van der Waals surface area contributed by atoms with Gasteiger partial charge in [-0.25, -0.2) is 4.79 Å². The number of esters is 1. The third kappa shape index (κ3) is 10.5. The number of carbonyl (C=O) groups is 1. The van der Waals surface area contributed by atoms with Gasteiger partial charge in [0.15, 0.2) is 0 Å². The summed E-state index contributed by atoms with van der Waals surface area (Å²) in [6.45, 7) is 8.96. The second-order valence-corrected chi connectivity index (χ2v) is 4.93. The summed E-state index contributed by atoms with van der Waals surface area (Å²) in [7, 11) is 0. The monoisotopic (exact) mass is 378 g/mol. The molecule has 0 heterocycles. The summed E-state index contributed by atoms with van der Waals surface area (Å²) in [4.78, 5) is 11.9. The summed E-state index contributed by atoms with van der Waals surface area (Å²) in [5, 5.41) is 0. The molecule has 0 saturated heterocycles. The number of hydrogen-bond acceptors (Lipinski definition) is 2. The van der Waals surface area contributed by atoms with Crippen molar-refractivity contribution in [1.82, 2.24) is 0 Å². The van der Waals surface area contributed by atoms with Crippen molar-refractivity contribution in [1.29, 1.82) is 0 Å². The molecular weight excluding hydrogens is 343 g/mol. The molecule has 0 N–H and O–H groups in total. The Hall–Kier alpha value is 0.00870. The Morgan fingerprint density at radius 3 is 1.79 bits per heavy atom. The van der Waals surface area contributed by atoms with Gasteiger partial charge in [0, 0.05) is 5.57 Å². The van der Waals surface area contributed by atoms with Crippen LogP contribution in [0.2, 0.25) is 0 Å². The van der Waals surface area contributed by atoms with E-state index in [1.807, 2.05) is 6.92 Å². The van der Waals surface area contributed by atoms with Crippen LogP contribution in [0.15, 0.2) is 11.1 Å². The number of rotatable bonds is 10. The topological polar surface area (TPSA) is 26.3 Å². The van der Waals surface area contributed by atoms with E-state index in [4.69, 9.17) is 4.74 Å². The maximum absolute atomic E-state index is 11.9. The predicted molar refractivity (Wildman–Crippen MR) is 89.0 cm³/mol. The van der Waals surface area contributed by atoms with Crippen molar-refractivity contribution >= 4 is 29.9 Å². The zero-order valence-corrected chi connectivity index (χ0v) is 12.7. The average molecular weight is 377 g/mol. The summed E-state index contributed by atoms with van der Waals surface area (Å²) in [6.07, 6.45) is 8.79. The molecule has 0 amide bonds. The summed E-state index contributed by atoms with van der Waals surface area (Å²) in [5.41, 5.74) is 2.16. The first-order valence-electron chi connectivity index (χ1n) is 7.53. The van der Waals surface area contributed by atoms with E-state index >= 15 is 0 Å². The third-order valence-corrected chi connectivity index (χ3v) is 3.23. The molecule has 0 fully saturated rings. The fourth-order valence-corrected chi connectivity index (χ4v) is 1.84. The van der Waals surface area contributed by atoms with Gasteiger partial charge in [0.25, 0.3) is 0 Å². The third-order valence-electron chi connectivity index (χ3n) is 3.23. The second kappa shape index (κ2) is 14.4. The van der Waals surface area contributed by atoms with Gasteiger partial charge in [-0.1, -0.05) is 45.6 Å².